The highest BCUT2D eigenvalue weighted by Crippen LogP contribution is 2.37. The van der Waals surface area contributed by atoms with Crippen molar-refractivity contribution in [1.82, 2.24) is 0 Å². The van der Waals surface area contributed by atoms with Crippen LogP contribution in [0, 0.1) is 0 Å². The Hall–Kier alpha value is -3.83. The molecule has 0 unspecified atom stereocenters. The van der Waals surface area contributed by atoms with E-state index in [1.165, 1.54) is 12.0 Å². The number of esters is 1. The molecule has 0 bridgehead atoms. The zero-order valence-electron chi connectivity index (χ0n) is 18.2. The highest BCUT2D eigenvalue weighted by Gasteiger charge is 2.33. The second kappa shape index (κ2) is 9.76. The second-order valence-corrected chi connectivity index (χ2v) is 7.72. The molecule has 0 aromatic heterocycles. The lowest BCUT2D eigenvalue weighted by Crippen LogP contribution is -2.27. The van der Waals surface area contributed by atoms with Crippen LogP contribution in [-0.2, 0) is 9.53 Å². The molecule has 5 nitrogen and oxygen atoms in total. The number of nitrogens with zero attached hydrogens (tertiary/aromatic N) is 1. The van der Waals surface area contributed by atoms with Crippen LogP contribution in [0.1, 0.15) is 28.4 Å². The van der Waals surface area contributed by atoms with Crippen molar-refractivity contribution in [2.75, 3.05) is 18.6 Å². The van der Waals surface area contributed by atoms with Crippen molar-refractivity contribution >= 4 is 40.9 Å². The van der Waals surface area contributed by atoms with Gasteiger partial charge in [0.25, 0.3) is 5.91 Å². The number of carbonyl (C=O) groups excluding carboxylic acids is 2. The van der Waals surface area contributed by atoms with E-state index >= 15 is 0 Å². The van der Waals surface area contributed by atoms with Gasteiger partial charge in [0.2, 0.25) is 0 Å². The lowest BCUT2D eigenvalue weighted by Gasteiger charge is -2.23. The maximum Gasteiger partial charge on any atom is 0.339 e. The van der Waals surface area contributed by atoms with Crippen molar-refractivity contribution in [3.8, 4) is 5.75 Å². The van der Waals surface area contributed by atoms with Crippen LogP contribution in [0.2, 0.25) is 5.02 Å². The number of amides is 1. The van der Waals surface area contributed by atoms with Crippen molar-refractivity contribution in [2.45, 2.75) is 6.92 Å². The fraction of sp³-hybridized carbons (Fsp3) is 0.111. The Kier molecular flexibility index (Phi) is 6.61. The van der Waals surface area contributed by atoms with Gasteiger partial charge >= 0.3 is 5.97 Å². The molecule has 0 saturated heterocycles. The van der Waals surface area contributed by atoms with Gasteiger partial charge in [0.05, 0.1) is 30.7 Å². The zero-order chi connectivity index (χ0) is 23.4. The molecule has 0 saturated carbocycles. The van der Waals surface area contributed by atoms with Gasteiger partial charge in [0.1, 0.15) is 5.75 Å². The van der Waals surface area contributed by atoms with Crippen LogP contribution >= 0.6 is 11.6 Å². The first kappa shape index (κ1) is 22.4. The monoisotopic (exact) mass is 459 g/mol. The number of halogens is 1. The molecule has 0 atom stereocenters. The summed E-state index contributed by atoms with van der Waals surface area (Å²) in [5, 5.41) is 0.593. The van der Waals surface area contributed by atoms with Gasteiger partial charge < -0.3 is 9.47 Å². The minimum absolute atomic E-state index is 0.245. The van der Waals surface area contributed by atoms with Gasteiger partial charge in [0.15, 0.2) is 0 Å². The molecule has 0 spiro atoms. The van der Waals surface area contributed by atoms with Crippen LogP contribution in [0.3, 0.4) is 0 Å². The Morgan fingerprint density at radius 3 is 2.36 bits per heavy atom. The molecule has 166 valence electrons. The van der Waals surface area contributed by atoms with E-state index in [2.05, 4.69) is 0 Å². The number of ether oxygens (including phenoxy) is 2. The summed E-state index contributed by atoms with van der Waals surface area (Å²) >= 11 is 6.07. The summed E-state index contributed by atoms with van der Waals surface area (Å²) < 4.78 is 10.4. The minimum atomic E-state index is -0.516. The number of carbonyl (C=O) groups is 2. The van der Waals surface area contributed by atoms with Gasteiger partial charge in [-0.25, -0.2) is 4.79 Å². The van der Waals surface area contributed by atoms with E-state index in [0.717, 1.165) is 16.9 Å². The maximum absolute atomic E-state index is 13.6. The van der Waals surface area contributed by atoms with Crippen LogP contribution in [0.15, 0.2) is 84.4 Å². The van der Waals surface area contributed by atoms with E-state index in [9.17, 15) is 9.59 Å². The van der Waals surface area contributed by atoms with Crippen LogP contribution < -0.4 is 9.64 Å². The quantitative estimate of drug-likeness (QED) is 0.335. The van der Waals surface area contributed by atoms with E-state index in [0.29, 0.717) is 34.2 Å². The Morgan fingerprint density at radius 2 is 1.70 bits per heavy atom. The molecule has 33 heavy (non-hydrogen) atoms. The Morgan fingerprint density at radius 1 is 1.00 bits per heavy atom. The maximum atomic E-state index is 13.6. The Balaban J connectivity index is 1.81. The van der Waals surface area contributed by atoms with Gasteiger partial charge in [-0.15, -0.1) is 0 Å². The summed E-state index contributed by atoms with van der Waals surface area (Å²) in [7, 11) is 1.32. The van der Waals surface area contributed by atoms with E-state index in [1.54, 1.807) is 36.4 Å². The molecule has 1 aliphatic heterocycles. The predicted molar refractivity (Wildman–Crippen MR) is 130 cm³/mol. The van der Waals surface area contributed by atoms with E-state index in [-0.39, 0.29) is 5.91 Å². The fourth-order valence-corrected chi connectivity index (χ4v) is 3.77. The van der Waals surface area contributed by atoms with Crippen LogP contribution in [0.5, 0.6) is 5.75 Å². The Bertz CT molecular complexity index is 1240. The van der Waals surface area contributed by atoms with Gasteiger partial charge in [-0.1, -0.05) is 48.0 Å². The summed E-state index contributed by atoms with van der Waals surface area (Å²) in [4.78, 5) is 27.6. The summed E-state index contributed by atoms with van der Waals surface area (Å²) in [5.41, 5.74) is 3.54. The first-order valence-electron chi connectivity index (χ1n) is 10.5. The van der Waals surface area contributed by atoms with Gasteiger partial charge in [-0.2, -0.15) is 0 Å². The topological polar surface area (TPSA) is 55.8 Å². The van der Waals surface area contributed by atoms with Gasteiger partial charge in [-0.05, 0) is 66.6 Å². The average Bonchev–Trinajstić information content (AvgIpc) is 3.16. The number of rotatable bonds is 6. The molecular weight excluding hydrogens is 438 g/mol. The van der Waals surface area contributed by atoms with Crippen molar-refractivity contribution in [3.05, 3.63) is 106 Å². The zero-order valence-corrected chi connectivity index (χ0v) is 19.0. The minimum Gasteiger partial charge on any atom is -0.494 e. The molecule has 3 aromatic carbocycles. The number of benzene rings is 3. The SMILES string of the molecule is CCOc1ccc(/C=C2\C=C(c3ccc(Cl)cc3)N(c3ccccc3C(=O)OC)C2=O)cc1. The highest BCUT2D eigenvalue weighted by atomic mass is 35.5. The van der Waals surface area contributed by atoms with Crippen molar-refractivity contribution in [3.63, 3.8) is 0 Å². The normalized spacial score (nSPS) is 14.4. The van der Waals surface area contributed by atoms with Crippen molar-refractivity contribution in [1.29, 1.82) is 0 Å². The molecule has 0 radical (unpaired) electrons. The highest BCUT2D eigenvalue weighted by molar-refractivity contribution is 6.30. The molecular formula is C27H22ClNO4. The third-order valence-corrected chi connectivity index (χ3v) is 5.44. The van der Waals surface area contributed by atoms with E-state index in [1.807, 2.05) is 55.5 Å². The summed E-state index contributed by atoms with van der Waals surface area (Å²) in [6.45, 7) is 2.51. The molecule has 0 N–H and O–H groups in total. The third-order valence-electron chi connectivity index (χ3n) is 5.19. The van der Waals surface area contributed by atoms with Gasteiger partial charge in [-0.3, -0.25) is 9.69 Å². The number of methoxy groups -OCH3 is 1. The molecule has 4 rings (SSSR count). The average molecular weight is 460 g/mol. The van der Waals surface area contributed by atoms with Crippen LogP contribution in [-0.4, -0.2) is 25.6 Å². The predicted octanol–water partition coefficient (Wildman–Crippen LogP) is 6.00. The lowest BCUT2D eigenvalue weighted by molar-refractivity contribution is -0.113. The third kappa shape index (κ3) is 4.69. The molecule has 6 heteroatoms. The lowest BCUT2D eigenvalue weighted by atomic mass is 10.1. The Labute approximate surface area is 197 Å². The van der Waals surface area contributed by atoms with Gasteiger partial charge in [0, 0.05) is 10.6 Å². The van der Waals surface area contributed by atoms with Crippen molar-refractivity contribution in [2.24, 2.45) is 0 Å². The van der Waals surface area contributed by atoms with E-state index < -0.39 is 5.97 Å². The number of para-hydroxylation sites is 1. The van der Waals surface area contributed by atoms with Crippen LogP contribution in [0.4, 0.5) is 5.69 Å². The fourth-order valence-electron chi connectivity index (χ4n) is 3.65. The summed E-state index contributed by atoms with van der Waals surface area (Å²) in [5.74, 6) is 0.00594. The molecule has 3 aromatic rings. The summed E-state index contributed by atoms with van der Waals surface area (Å²) in [6.07, 6.45) is 3.63. The smallest absolute Gasteiger partial charge is 0.339 e. The van der Waals surface area contributed by atoms with Crippen molar-refractivity contribution < 1.29 is 19.1 Å². The number of hydrogen-bond acceptors (Lipinski definition) is 4. The first-order valence-corrected chi connectivity index (χ1v) is 10.8. The van der Waals surface area contributed by atoms with Crippen LogP contribution in [0.25, 0.3) is 11.8 Å². The first-order chi connectivity index (χ1) is 16.0. The molecule has 0 aliphatic carbocycles. The molecule has 0 fully saturated rings. The standard InChI is InChI=1S/C27H22ClNO4/c1-3-33-22-14-8-18(9-15-22)16-20-17-25(19-10-12-21(28)13-11-19)29(26(20)30)24-7-5-4-6-23(24)27(31)32-2/h4-17H,3H2,1-2H3/b20-16+. The molecule has 1 amide bonds. The number of anilines is 1. The second-order valence-electron chi connectivity index (χ2n) is 7.29. The number of hydrogen-bond donors (Lipinski definition) is 0. The van der Waals surface area contributed by atoms with E-state index in [4.69, 9.17) is 21.1 Å². The molecule has 1 heterocycles. The molecule has 1 aliphatic rings. The largest absolute Gasteiger partial charge is 0.494 e. The summed E-state index contributed by atoms with van der Waals surface area (Å²) in [6, 6.07) is 21.6.